The Morgan fingerprint density at radius 1 is 1.00 bits per heavy atom. The fourth-order valence-corrected chi connectivity index (χ4v) is 3.84. The zero-order chi connectivity index (χ0) is 20.1. The maximum atomic E-state index is 11.9. The van der Waals surface area contributed by atoms with Crippen molar-refractivity contribution in [1.82, 2.24) is 0 Å². The van der Waals surface area contributed by atoms with Crippen LogP contribution in [0, 0.1) is 0 Å². The number of esters is 1. The zero-order valence-electron chi connectivity index (χ0n) is 16.2. The zero-order valence-corrected chi connectivity index (χ0v) is 19.6. The molecule has 0 aromatic heterocycles. The standard InChI is InChI=1S/C21H26BrClO3Si/c1-21(2,22)20(24)26-19-12-8-17(9-13-19)16-6-10-18(11-7-16)25-14-5-15-27(3,4)23/h6-13H,5,14-15H2,1-4H3. The normalized spacial score (nSPS) is 11.9. The van der Waals surface area contributed by atoms with E-state index in [-0.39, 0.29) is 5.97 Å². The second-order valence-electron chi connectivity index (χ2n) is 7.58. The quantitative estimate of drug-likeness (QED) is 0.108. The minimum Gasteiger partial charge on any atom is -0.494 e. The number of carbonyl (C=O) groups excluding carboxylic acids is 1. The fourth-order valence-electron chi connectivity index (χ4n) is 2.37. The van der Waals surface area contributed by atoms with Gasteiger partial charge < -0.3 is 9.47 Å². The second-order valence-corrected chi connectivity index (χ2v) is 16.6. The molecule has 0 aliphatic rings. The maximum Gasteiger partial charge on any atom is 0.327 e. The maximum absolute atomic E-state index is 11.9. The van der Waals surface area contributed by atoms with Crippen molar-refractivity contribution < 1.29 is 14.3 Å². The number of benzene rings is 2. The highest BCUT2D eigenvalue weighted by atomic mass is 79.9. The molecular weight excluding hydrogens is 444 g/mol. The first-order valence-electron chi connectivity index (χ1n) is 8.98. The highest BCUT2D eigenvalue weighted by molar-refractivity contribution is 9.10. The van der Waals surface area contributed by atoms with Crippen LogP contribution in [0.2, 0.25) is 19.1 Å². The van der Waals surface area contributed by atoms with E-state index < -0.39 is 11.7 Å². The van der Waals surface area contributed by atoms with Crippen LogP contribution in [0.25, 0.3) is 11.1 Å². The van der Waals surface area contributed by atoms with Gasteiger partial charge in [0.15, 0.2) is 7.38 Å². The number of ether oxygens (including phenoxy) is 2. The summed E-state index contributed by atoms with van der Waals surface area (Å²) < 4.78 is 10.4. The van der Waals surface area contributed by atoms with E-state index in [0.717, 1.165) is 29.3 Å². The average molecular weight is 470 g/mol. The van der Waals surface area contributed by atoms with Crippen molar-refractivity contribution >= 4 is 40.4 Å². The molecule has 0 aliphatic carbocycles. The summed E-state index contributed by atoms with van der Waals surface area (Å²) in [5.74, 6) is 1.07. The number of carbonyl (C=O) groups is 1. The van der Waals surface area contributed by atoms with E-state index in [0.29, 0.717) is 12.4 Å². The van der Waals surface area contributed by atoms with E-state index in [4.69, 9.17) is 20.6 Å². The van der Waals surface area contributed by atoms with Crippen LogP contribution in [-0.4, -0.2) is 24.3 Å². The third kappa shape index (κ3) is 7.68. The first-order chi connectivity index (χ1) is 12.5. The molecule has 0 saturated heterocycles. The second kappa shape index (κ2) is 9.26. The summed E-state index contributed by atoms with van der Waals surface area (Å²) in [7, 11) is -1.52. The van der Waals surface area contributed by atoms with Crippen molar-refractivity contribution in [2.45, 2.75) is 43.7 Å². The van der Waals surface area contributed by atoms with Gasteiger partial charge in [-0.3, -0.25) is 4.79 Å². The predicted octanol–water partition coefficient (Wildman–Crippen LogP) is 6.65. The number of hydrogen-bond donors (Lipinski definition) is 0. The number of halogens is 2. The van der Waals surface area contributed by atoms with Crippen LogP contribution in [-0.2, 0) is 4.79 Å². The first-order valence-corrected chi connectivity index (χ1v) is 14.0. The van der Waals surface area contributed by atoms with Crippen LogP contribution in [0.5, 0.6) is 11.5 Å². The summed E-state index contributed by atoms with van der Waals surface area (Å²) >= 11 is 9.62. The lowest BCUT2D eigenvalue weighted by molar-refractivity contribution is -0.136. The van der Waals surface area contributed by atoms with E-state index in [1.807, 2.05) is 36.4 Å². The molecule has 27 heavy (non-hydrogen) atoms. The molecule has 0 fully saturated rings. The lowest BCUT2D eigenvalue weighted by atomic mass is 10.1. The molecule has 0 heterocycles. The lowest BCUT2D eigenvalue weighted by Gasteiger charge is -2.14. The molecule has 2 aromatic carbocycles. The molecule has 0 bridgehead atoms. The predicted molar refractivity (Wildman–Crippen MR) is 119 cm³/mol. The van der Waals surface area contributed by atoms with Gasteiger partial charge in [-0.1, -0.05) is 53.3 Å². The highest BCUT2D eigenvalue weighted by Gasteiger charge is 2.26. The molecule has 0 saturated carbocycles. The van der Waals surface area contributed by atoms with Crippen LogP contribution in [0.15, 0.2) is 48.5 Å². The molecule has 0 radical (unpaired) electrons. The van der Waals surface area contributed by atoms with Gasteiger partial charge in [0.2, 0.25) is 0 Å². The van der Waals surface area contributed by atoms with Gasteiger partial charge in [0.05, 0.1) is 6.61 Å². The third-order valence-corrected chi connectivity index (χ3v) is 6.36. The Balaban J connectivity index is 1.92. The fraction of sp³-hybridized carbons (Fsp3) is 0.381. The molecule has 6 heteroatoms. The van der Waals surface area contributed by atoms with Gasteiger partial charge >= 0.3 is 5.97 Å². The average Bonchev–Trinajstić information content (AvgIpc) is 2.58. The minimum atomic E-state index is -1.52. The van der Waals surface area contributed by atoms with Gasteiger partial charge in [-0.15, -0.1) is 0 Å². The molecule has 0 spiro atoms. The Hall–Kier alpha value is -1.30. The highest BCUT2D eigenvalue weighted by Crippen LogP contribution is 2.26. The van der Waals surface area contributed by atoms with Crippen LogP contribution >= 0.6 is 27.0 Å². The van der Waals surface area contributed by atoms with Gasteiger partial charge in [0, 0.05) is 0 Å². The smallest absolute Gasteiger partial charge is 0.327 e. The molecule has 0 N–H and O–H groups in total. The largest absolute Gasteiger partial charge is 0.494 e. The van der Waals surface area contributed by atoms with E-state index in [2.05, 4.69) is 29.0 Å². The van der Waals surface area contributed by atoms with Crippen molar-refractivity contribution in [2.75, 3.05) is 6.61 Å². The van der Waals surface area contributed by atoms with Gasteiger partial charge in [-0.05, 0) is 61.7 Å². The van der Waals surface area contributed by atoms with Crippen molar-refractivity contribution in [1.29, 1.82) is 0 Å². The first kappa shape index (κ1) is 22.0. The summed E-state index contributed by atoms with van der Waals surface area (Å²) in [6.45, 7) is 8.50. The number of alkyl halides is 1. The van der Waals surface area contributed by atoms with Gasteiger partial charge in [0.1, 0.15) is 15.8 Å². The van der Waals surface area contributed by atoms with Gasteiger partial charge in [-0.25, -0.2) is 0 Å². The molecule has 2 aromatic rings. The van der Waals surface area contributed by atoms with Gasteiger partial charge in [-0.2, -0.15) is 11.1 Å². The van der Waals surface area contributed by atoms with Crippen molar-refractivity contribution in [3.63, 3.8) is 0 Å². The summed E-state index contributed by atoms with van der Waals surface area (Å²) in [6, 6.07) is 16.5. The van der Waals surface area contributed by atoms with E-state index >= 15 is 0 Å². The Kier molecular flexibility index (Phi) is 7.54. The summed E-state index contributed by atoms with van der Waals surface area (Å²) in [5, 5.41) is 0. The molecule has 0 atom stereocenters. The van der Waals surface area contributed by atoms with E-state index in [9.17, 15) is 4.79 Å². The molecule has 2 rings (SSSR count). The molecule has 0 amide bonds. The molecule has 0 unspecified atom stereocenters. The lowest BCUT2D eigenvalue weighted by Crippen LogP contribution is -2.29. The third-order valence-electron chi connectivity index (χ3n) is 3.92. The van der Waals surface area contributed by atoms with Crippen LogP contribution < -0.4 is 9.47 Å². The Labute approximate surface area is 175 Å². The van der Waals surface area contributed by atoms with Crippen molar-refractivity contribution in [3.05, 3.63) is 48.5 Å². The monoisotopic (exact) mass is 468 g/mol. The van der Waals surface area contributed by atoms with Crippen LogP contribution in [0.3, 0.4) is 0 Å². The molecule has 146 valence electrons. The van der Waals surface area contributed by atoms with Crippen LogP contribution in [0.4, 0.5) is 0 Å². The Morgan fingerprint density at radius 3 is 1.93 bits per heavy atom. The van der Waals surface area contributed by atoms with Crippen molar-refractivity contribution in [2.24, 2.45) is 0 Å². The molecule has 0 aliphatic heterocycles. The topological polar surface area (TPSA) is 35.5 Å². The number of hydrogen-bond acceptors (Lipinski definition) is 3. The van der Waals surface area contributed by atoms with E-state index in [1.165, 1.54) is 0 Å². The van der Waals surface area contributed by atoms with Crippen LogP contribution in [0.1, 0.15) is 20.3 Å². The minimum absolute atomic E-state index is 0.322. The molecule has 3 nitrogen and oxygen atoms in total. The Bertz CT molecular complexity index is 747. The SMILES string of the molecule is CC(C)(Br)C(=O)Oc1ccc(-c2ccc(OCCC[Si](C)(C)Cl)cc2)cc1. The summed E-state index contributed by atoms with van der Waals surface area (Å²) in [4.78, 5) is 11.9. The summed E-state index contributed by atoms with van der Waals surface area (Å²) in [5.41, 5.74) is 2.13. The van der Waals surface area contributed by atoms with Gasteiger partial charge in [0.25, 0.3) is 0 Å². The summed E-state index contributed by atoms with van der Waals surface area (Å²) in [6.07, 6.45) is 0.982. The van der Waals surface area contributed by atoms with Crippen molar-refractivity contribution in [3.8, 4) is 22.6 Å². The van der Waals surface area contributed by atoms with E-state index in [1.54, 1.807) is 26.0 Å². The Morgan fingerprint density at radius 2 is 1.48 bits per heavy atom. The number of rotatable bonds is 8. The molecular formula is C21H26BrClO3Si.